The second-order valence-corrected chi connectivity index (χ2v) is 6.25. The number of rotatable bonds is 8. The Morgan fingerprint density at radius 1 is 1.15 bits per heavy atom. The van der Waals surface area contributed by atoms with Gasteiger partial charge in [-0.15, -0.1) is 0 Å². The second-order valence-electron chi connectivity index (χ2n) is 6.25. The van der Waals surface area contributed by atoms with Crippen molar-refractivity contribution in [3.63, 3.8) is 0 Å². The summed E-state index contributed by atoms with van der Waals surface area (Å²) in [5, 5.41) is 2.99. The number of ether oxygens (including phenoxy) is 2. The third-order valence-electron chi connectivity index (χ3n) is 4.10. The number of carbonyl (C=O) groups is 1. The van der Waals surface area contributed by atoms with Crippen LogP contribution in [0.3, 0.4) is 0 Å². The van der Waals surface area contributed by atoms with Gasteiger partial charge in [0.15, 0.2) is 11.5 Å². The molecule has 26 heavy (non-hydrogen) atoms. The van der Waals surface area contributed by atoms with Crippen LogP contribution in [0.5, 0.6) is 11.5 Å². The first-order valence-corrected chi connectivity index (χ1v) is 8.69. The zero-order valence-corrected chi connectivity index (χ0v) is 15.9. The van der Waals surface area contributed by atoms with E-state index in [1.807, 2.05) is 44.2 Å². The van der Waals surface area contributed by atoms with Crippen LogP contribution in [0.4, 0.5) is 4.79 Å². The number of carbonyl (C=O) groups excluding carboxylic acids is 1. The van der Waals surface area contributed by atoms with E-state index in [0.29, 0.717) is 31.0 Å². The van der Waals surface area contributed by atoms with Crippen molar-refractivity contribution in [3.8, 4) is 11.5 Å². The zero-order chi connectivity index (χ0) is 18.9. The standard InChI is InChI=1S/C20H27N3O3/c1-15(2)23(14-17-6-5-10-21-13-17)20(24)22-11-9-16-7-8-18(25-3)19(12-16)26-4/h5-8,10,12-13,15H,9,11,14H2,1-4H3,(H,22,24). The molecule has 0 fully saturated rings. The molecule has 6 nitrogen and oxygen atoms in total. The molecule has 2 rings (SSSR count). The number of pyridine rings is 1. The number of urea groups is 1. The second kappa shape index (κ2) is 9.65. The molecule has 0 saturated heterocycles. The minimum Gasteiger partial charge on any atom is -0.493 e. The molecule has 2 aromatic rings. The predicted molar refractivity (Wildman–Crippen MR) is 102 cm³/mol. The van der Waals surface area contributed by atoms with E-state index < -0.39 is 0 Å². The maximum atomic E-state index is 12.6. The van der Waals surface area contributed by atoms with Crippen LogP contribution in [0, 0.1) is 0 Å². The third-order valence-corrected chi connectivity index (χ3v) is 4.10. The summed E-state index contributed by atoms with van der Waals surface area (Å²) in [4.78, 5) is 18.5. The number of benzene rings is 1. The molecule has 0 saturated carbocycles. The number of nitrogens with zero attached hydrogens (tertiary/aromatic N) is 2. The predicted octanol–water partition coefficient (Wildman–Crippen LogP) is 3.26. The average molecular weight is 357 g/mol. The van der Waals surface area contributed by atoms with Gasteiger partial charge < -0.3 is 19.7 Å². The summed E-state index contributed by atoms with van der Waals surface area (Å²) in [5.74, 6) is 1.39. The highest BCUT2D eigenvalue weighted by atomic mass is 16.5. The minimum absolute atomic E-state index is 0.0793. The van der Waals surface area contributed by atoms with Crippen molar-refractivity contribution in [1.82, 2.24) is 15.2 Å². The van der Waals surface area contributed by atoms with E-state index in [1.54, 1.807) is 31.5 Å². The highest BCUT2D eigenvalue weighted by molar-refractivity contribution is 5.74. The van der Waals surface area contributed by atoms with Crippen LogP contribution >= 0.6 is 0 Å². The average Bonchev–Trinajstić information content (AvgIpc) is 2.66. The van der Waals surface area contributed by atoms with Gasteiger partial charge in [-0.2, -0.15) is 0 Å². The van der Waals surface area contributed by atoms with Crippen LogP contribution in [0.2, 0.25) is 0 Å². The normalized spacial score (nSPS) is 10.5. The Morgan fingerprint density at radius 3 is 2.54 bits per heavy atom. The fourth-order valence-corrected chi connectivity index (χ4v) is 2.63. The van der Waals surface area contributed by atoms with E-state index in [0.717, 1.165) is 11.1 Å². The number of aromatic nitrogens is 1. The fraction of sp³-hybridized carbons (Fsp3) is 0.400. The van der Waals surface area contributed by atoms with Crippen LogP contribution in [0.1, 0.15) is 25.0 Å². The fourth-order valence-electron chi connectivity index (χ4n) is 2.63. The van der Waals surface area contributed by atoms with Gasteiger partial charge in [-0.1, -0.05) is 12.1 Å². The monoisotopic (exact) mass is 357 g/mol. The summed E-state index contributed by atoms with van der Waals surface area (Å²) in [6, 6.07) is 9.64. The van der Waals surface area contributed by atoms with E-state index in [-0.39, 0.29) is 12.1 Å². The summed E-state index contributed by atoms with van der Waals surface area (Å²) in [5.41, 5.74) is 2.09. The Morgan fingerprint density at radius 2 is 1.92 bits per heavy atom. The first kappa shape index (κ1) is 19.6. The van der Waals surface area contributed by atoms with Gasteiger partial charge in [-0.05, 0) is 49.6 Å². The molecule has 1 aromatic heterocycles. The third kappa shape index (κ3) is 5.37. The minimum atomic E-state index is -0.0793. The van der Waals surface area contributed by atoms with Gasteiger partial charge in [0, 0.05) is 31.5 Å². The van der Waals surface area contributed by atoms with E-state index in [9.17, 15) is 4.79 Å². The summed E-state index contributed by atoms with van der Waals surface area (Å²) in [7, 11) is 3.23. The molecule has 140 valence electrons. The summed E-state index contributed by atoms with van der Waals surface area (Å²) < 4.78 is 10.6. The van der Waals surface area contributed by atoms with E-state index >= 15 is 0 Å². The number of amides is 2. The van der Waals surface area contributed by atoms with Gasteiger partial charge in [-0.3, -0.25) is 4.98 Å². The van der Waals surface area contributed by atoms with Crippen molar-refractivity contribution in [2.75, 3.05) is 20.8 Å². The lowest BCUT2D eigenvalue weighted by Crippen LogP contribution is -2.44. The first-order valence-electron chi connectivity index (χ1n) is 8.69. The van der Waals surface area contributed by atoms with Gasteiger partial charge >= 0.3 is 6.03 Å². The number of hydrogen-bond donors (Lipinski definition) is 1. The van der Waals surface area contributed by atoms with Crippen molar-refractivity contribution in [1.29, 1.82) is 0 Å². The zero-order valence-electron chi connectivity index (χ0n) is 15.9. The van der Waals surface area contributed by atoms with Crippen LogP contribution in [-0.4, -0.2) is 42.7 Å². The smallest absolute Gasteiger partial charge is 0.317 e. The van der Waals surface area contributed by atoms with Crippen LogP contribution < -0.4 is 14.8 Å². The molecule has 0 aliphatic rings. The quantitative estimate of drug-likeness (QED) is 0.788. The van der Waals surface area contributed by atoms with Crippen LogP contribution in [0.25, 0.3) is 0 Å². The Balaban J connectivity index is 1.91. The van der Waals surface area contributed by atoms with E-state index in [4.69, 9.17) is 9.47 Å². The molecule has 0 spiro atoms. The maximum absolute atomic E-state index is 12.6. The molecule has 1 heterocycles. The molecule has 0 aliphatic heterocycles. The number of methoxy groups -OCH3 is 2. The lowest BCUT2D eigenvalue weighted by Gasteiger charge is -2.27. The Labute approximate surface area is 155 Å². The van der Waals surface area contributed by atoms with Gasteiger partial charge in [0.05, 0.1) is 14.2 Å². The molecule has 0 radical (unpaired) electrons. The van der Waals surface area contributed by atoms with Gasteiger partial charge in [0.2, 0.25) is 0 Å². The van der Waals surface area contributed by atoms with Crippen molar-refractivity contribution in [2.45, 2.75) is 32.9 Å². The summed E-state index contributed by atoms with van der Waals surface area (Å²) >= 11 is 0. The summed E-state index contributed by atoms with van der Waals surface area (Å²) in [6.45, 7) is 5.09. The van der Waals surface area contributed by atoms with E-state index in [2.05, 4.69) is 10.3 Å². The van der Waals surface area contributed by atoms with Gasteiger partial charge in [-0.25, -0.2) is 4.79 Å². The lowest BCUT2D eigenvalue weighted by atomic mass is 10.1. The molecule has 6 heteroatoms. The van der Waals surface area contributed by atoms with Crippen LogP contribution in [-0.2, 0) is 13.0 Å². The first-order chi connectivity index (χ1) is 12.5. The molecule has 0 unspecified atom stereocenters. The molecular formula is C20H27N3O3. The van der Waals surface area contributed by atoms with Gasteiger partial charge in [0.25, 0.3) is 0 Å². The van der Waals surface area contributed by atoms with Crippen molar-refractivity contribution >= 4 is 6.03 Å². The Kier molecular flexibility index (Phi) is 7.26. The summed E-state index contributed by atoms with van der Waals surface area (Å²) in [6.07, 6.45) is 4.23. The largest absolute Gasteiger partial charge is 0.493 e. The molecule has 0 atom stereocenters. The molecule has 2 amide bonds. The van der Waals surface area contributed by atoms with Crippen molar-refractivity contribution in [2.24, 2.45) is 0 Å². The number of nitrogens with one attached hydrogen (secondary N) is 1. The lowest BCUT2D eigenvalue weighted by molar-refractivity contribution is 0.180. The highest BCUT2D eigenvalue weighted by Crippen LogP contribution is 2.27. The van der Waals surface area contributed by atoms with Crippen LogP contribution in [0.15, 0.2) is 42.7 Å². The molecule has 0 aliphatic carbocycles. The van der Waals surface area contributed by atoms with Gasteiger partial charge in [0.1, 0.15) is 0 Å². The SMILES string of the molecule is COc1ccc(CCNC(=O)N(Cc2cccnc2)C(C)C)cc1OC. The number of hydrogen-bond acceptors (Lipinski definition) is 4. The molecule has 1 aromatic carbocycles. The van der Waals surface area contributed by atoms with Crippen molar-refractivity contribution < 1.29 is 14.3 Å². The van der Waals surface area contributed by atoms with E-state index in [1.165, 1.54) is 0 Å². The topological polar surface area (TPSA) is 63.7 Å². The maximum Gasteiger partial charge on any atom is 0.317 e. The molecule has 0 bridgehead atoms. The Bertz CT molecular complexity index is 705. The molecular weight excluding hydrogens is 330 g/mol. The molecule has 1 N–H and O–H groups in total. The Hall–Kier alpha value is -2.76. The van der Waals surface area contributed by atoms with Crippen molar-refractivity contribution in [3.05, 3.63) is 53.9 Å². The highest BCUT2D eigenvalue weighted by Gasteiger charge is 2.17.